The first-order valence-corrected chi connectivity index (χ1v) is 9.31. The standard InChI is InChI=1S/C18H17BrN2O2S/c19-13-5-3-6-14(11-13)23-10-4-9-17(22)20-12-18-21-15-7-1-2-8-16(15)24-18/h1-3,5-8,11H,4,9-10,12H2,(H,20,22). The Labute approximate surface area is 153 Å². The Hall–Kier alpha value is -1.92. The van der Waals surface area contributed by atoms with Gasteiger partial charge in [0.05, 0.1) is 23.4 Å². The average Bonchev–Trinajstić information content (AvgIpc) is 3.00. The minimum atomic E-state index is 0.0205. The van der Waals surface area contributed by atoms with Crippen LogP contribution in [0.2, 0.25) is 0 Å². The molecule has 1 heterocycles. The van der Waals surface area contributed by atoms with Gasteiger partial charge < -0.3 is 10.1 Å². The Bertz CT molecular complexity index is 802. The summed E-state index contributed by atoms with van der Waals surface area (Å²) in [5.74, 6) is 0.825. The lowest BCUT2D eigenvalue weighted by atomic mass is 10.3. The van der Waals surface area contributed by atoms with Crippen molar-refractivity contribution >= 4 is 43.4 Å². The lowest BCUT2D eigenvalue weighted by molar-refractivity contribution is -0.121. The van der Waals surface area contributed by atoms with Crippen LogP contribution in [0.1, 0.15) is 17.8 Å². The number of benzene rings is 2. The van der Waals surface area contributed by atoms with E-state index in [2.05, 4.69) is 26.2 Å². The van der Waals surface area contributed by atoms with Gasteiger partial charge in [-0.15, -0.1) is 11.3 Å². The lowest BCUT2D eigenvalue weighted by Gasteiger charge is -2.06. The predicted octanol–water partition coefficient (Wildman–Crippen LogP) is 4.53. The van der Waals surface area contributed by atoms with Crippen molar-refractivity contribution in [1.82, 2.24) is 10.3 Å². The average molecular weight is 405 g/mol. The number of carbonyl (C=O) groups excluding carboxylic acids is 1. The summed E-state index contributed by atoms with van der Waals surface area (Å²) < 4.78 is 7.74. The molecule has 6 heteroatoms. The third-order valence-electron chi connectivity index (χ3n) is 3.39. The normalized spacial score (nSPS) is 10.7. The maximum atomic E-state index is 11.9. The van der Waals surface area contributed by atoms with Crippen molar-refractivity contribution < 1.29 is 9.53 Å². The summed E-state index contributed by atoms with van der Waals surface area (Å²) >= 11 is 5.01. The summed E-state index contributed by atoms with van der Waals surface area (Å²) in [5.41, 5.74) is 0.981. The first-order chi connectivity index (χ1) is 11.7. The number of para-hydroxylation sites is 1. The molecule has 4 nitrogen and oxygen atoms in total. The van der Waals surface area contributed by atoms with Gasteiger partial charge in [-0.3, -0.25) is 4.79 Å². The fourth-order valence-electron chi connectivity index (χ4n) is 2.24. The first kappa shape index (κ1) is 16.9. The maximum Gasteiger partial charge on any atom is 0.220 e. The SMILES string of the molecule is O=C(CCCOc1cccc(Br)c1)NCc1nc2ccccc2s1. The van der Waals surface area contributed by atoms with E-state index >= 15 is 0 Å². The highest BCUT2D eigenvalue weighted by Gasteiger charge is 2.06. The van der Waals surface area contributed by atoms with E-state index in [0.29, 0.717) is 26.0 Å². The fraction of sp³-hybridized carbons (Fsp3) is 0.222. The molecule has 0 radical (unpaired) electrons. The zero-order valence-corrected chi connectivity index (χ0v) is 15.4. The predicted molar refractivity (Wildman–Crippen MR) is 100 cm³/mol. The minimum Gasteiger partial charge on any atom is -0.494 e. The number of ether oxygens (including phenoxy) is 1. The second-order valence-corrected chi connectivity index (χ2v) is 7.29. The summed E-state index contributed by atoms with van der Waals surface area (Å²) in [5, 5.41) is 3.84. The van der Waals surface area contributed by atoms with Crippen molar-refractivity contribution in [3.63, 3.8) is 0 Å². The second-order valence-electron chi connectivity index (χ2n) is 5.26. The molecule has 124 valence electrons. The van der Waals surface area contributed by atoms with Crippen molar-refractivity contribution in [3.05, 3.63) is 58.0 Å². The second kappa shape index (κ2) is 8.26. The van der Waals surface area contributed by atoms with Crippen LogP contribution >= 0.6 is 27.3 Å². The van der Waals surface area contributed by atoms with Crippen molar-refractivity contribution in [2.45, 2.75) is 19.4 Å². The van der Waals surface area contributed by atoms with Crippen LogP contribution in [0.15, 0.2) is 53.0 Å². The molecule has 3 rings (SSSR count). The third kappa shape index (κ3) is 4.79. The van der Waals surface area contributed by atoms with Crippen molar-refractivity contribution in [3.8, 4) is 5.75 Å². The van der Waals surface area contributed by atoms with Crippen LogP contribution in [0.5, 0.6) is 5.75 Å². The number of fused-ring (bicyclic) bond motifs is 1. The number of amides is 1. The van der Waals surface area contributed by atoms with Crippen molar-refractivity contribution in [2.75, 3.05) is 6.61 Å². The van der Waals surface area contributed by atoms with Gasteiger partial charge in [0, 0.05) is 10.9 Å². The number of thiazole rings is 1. The van der Waals surface area contributed by atoms with E-state index in [1.165, 1.54) is 0 Å². The molecule has 1 amide bonds. The molecule has 0 spiro atoms. The van der Waals surface area contributed by atoms with Gasteiger partial charge >= 0.3 is 0 Å². The number of aromatic nitrogens is 1. The summed E-state index contributed by atoms with van der Waals surface area (Å²) in [6.07, 6.45) is 1.12. The van der Waals surface area contributed by atoms with E-state index in [0.717, 1.165) is 25.4 Å². The minimum absolute atomic E-state index is 0.0205. The Morgan fingerprint density at radius 1 is 1.21 bits per heavy atom. The smallest absolute Gasteiger partial charge is 0.220 e. The highest BCUT2D eigenvalue weighted by molar-refractivity contribution is 9.10. The Balaban J connectivity index is 1.38. The van der Waals surface area contributed by atoms with Gasteiger partial charge in [0.2, 0.25) is 5.91 Å². The Kier molecular flexibility index (Phi) is 5.82. The van der Waals surface area contributed by atoms with Crippen LogP contribution in [0.3, 0.4) is 0 Å². The lowest BCUT2D eigenvalue weighted by Crippen LogP contribution is -2.22. The Morgan fingerprint density at radius 2 is 2.08 bits per heavy atom. The highest BCUT2D eigenvalue weighted by Crippen LogP contribution is 2.21. The largest absolute Gasteiger partial charge is 0.494 e. The van der Waals surface area contributed by atoms with Gasteiger partial charge in [-0.25, -0.2) is 4.98 Å². The van der Waals surface area contributed by atoms with Crippen molar-refractivity contribution in [1.29, 1.82) is 0 Å². The number of carbonyl (C=O) groups is 1. The fourth-order valence-corrected chi connectivity index (χ4v) is 3.52. The maximum absolute atomic E-state index is 11.9. The summed E-state index contributed by atoms with van der Waals surface area (Å²) in [6.45, 7) is 0.996. The number of hydrogen-bond donors (Lipinski definition) is 1. The molecule has 1 aromatic heterocycles. The number of nitrogens with one attached hydrogen (secondary N) is 1. The Morgan fingerprint density at radius 3 is 2.92 bits per heavy atom. The van der Waals surface area contributed by atoms with Gasteiger partial charge in [0.25, 0.3) is 0 Å². The molecule has 0 fully saturated rings. The number of nitrogens with zero attached hydrogens (tertiary/aromatic N) is 1. The van der Waals surface area contributed by atoms with E-state index in [1.54, 1.807) is 11.3 Å². The molecular weight excluding hydrogens is 388 g/mol. The van der Waals surface area contributed by atoms with Crippen LogP contribution in [-0.2, 0) is 11.3 Å². The van der Waals surface area contributed by atoms with E-state index in [-0.39, 0.29) is 5.91 Å². The zero-order valence-electron chi connectivity index (χ0n) is 13.0. The molecule has 0 aliphatic rings. The summed E-state index contributed by atoms with van der Waals surface area (Å²) in [7, 11) is 0. The van der Waals surface area contributed by atoms with E-state index in [9.17, 15) is 4.79 Å². The van der Waals surface area contributed by atoms with E-state index in [4.69, 9.17) is 4.74 Å². The van der Waals surface area contributed by atoms with Gasteiger partial charge in [0.15, 0.2) is 0 Å². The molecule has 3 aromatic rings. The summed E-state index contributed by atoms with van der Waals surface area (Å²) in [4.78, 5) is 16.4. The molecule has 0 aliphatic heterocycles. The van der Waals surface area contributed by atoms with Crippen LogP contribution in [0.4, 0.5) is 0 Å². The number of hydrogen-bond acceptors (Lipinski definition) is 4. The molecule has 0 unspecified atom stereocenters. The van der Waals surface area contributed by atoms with Gasteiger partial charge in [0.1, 0.15) is 10.8 Å². The molecule has 0 aliphatic carbocycles. The quantitative estimate of drug-likeness (QED) is 0.588. The first-order valence-electron chi connectivity index (χ1n) is 7.70. The third-order valence-corrected chi connectivity index (χ3v) is 4.92. The van der Waals surface area contributed by atoms with Crippen LogP contribution < -0.4 is 10.1 Å². The van der Waals surface area contributed by atoms with Gasteiger partial charge in [-0.2, -0.15) is 0 Å². The number of rotatable bonds is 7. The molecule has 0 atom stereocenters. The number of halogens is 1. The van der Waals surface area contributed by atoms with E-state index < -0.39 is 0 Å². The van der Waals surface area contributed by atoms with Crippen LogP contribution in [-0.4, -0.2) is 17.5 Å². The molecule has 2 aromatic carbocycles. The topological polar surface area (TPSA) is 51.2 Å². The van der Waals surface area contributed by atoms with Gasteiger partial charge in [-0.05, 0) is 36.8 Å². The van der Waals surface area contributed by atoms with Crippen molar-refractivity contribution in [2.24, 2.45) is 0 Å². The molecular formula is C18H17BrN2O2S. The van der Waals surface area contributed by atoms with Gasteiger partial charge in [-0.1, -0.05) is 34.1 Å². The highest BCUT2D eigenvalue weighted by atomic mass is 79.9. The molecule has 0 bridgehead atoms. The van der Waals surface area contributed by atoms with Crippen LogP contribution in [0, 0.1) is 0 Å². The summed E-state index contributed by atoms with van der Waals surface area (Å²) in [6, 6.07) is 15.7. The molecule has 1 N–H and O–H groups in total. The molecule has 0 saturated carbocycles. The molecule has 0 saturated heterocycles. The monoisotopic (exact) mass is 404 g/mol. The zero-order chi connectivity index (χ0) is 16.8. The van der Waals surface area contributed by atoms with E-state index in [1.807, 2.05) is 48.5 Å². The van der Waals surface area contributed by atoms with Crippen LogP contribution in [0.25, 0.3) is 10.2 Å². The molecule has 24 heavy (non-hydrogen) atoms.